The van der Waals surface area contributed by atoms with E-state index in [-0.39, 0.29) is 26.9 Å². The van der Waals surface area contributed by atoms with E-state index in [4.69, 9.17) is 22.2 Å². The Hall–Kier alpha value is -1.38. The zero-order valence-electron chi connectivity index (χ0n) is 10.7. The average Bonchev–Trinajstić information content (AvgIpc) is 2.35. The summed E-state index contributed by atoms with van der Waals surface area (Å²) in [6.07, 6.45) is -0.962. The van der Waals surface area contributed by atoms with E-state index < -0.39 is 16.9 Å². The van der Waals surface area contributed by atoms with E-state index in [2.05, 4.69) is 15.9 Å². The Labute approximate surface area is 128 Å². The van der Waals surface area contributed by atoms with Crippen LogP contribution in [0.2, 0.25) is 5.02 Å². The van der Waals surface area contributed by atoms with Crippen LogP contribution in [0.1, 0.15) is 13.8 Å². The third-order valence-electron chi connectivity index (χ3n) is 2.44. The van der Waals surface area contributed by atoms with Crippen LogP contribution in [-0.4, -0.2) is 16.9 Å². The molecule has 1 amide bonds. The van der Waals surface area contributed by atoms with Gasteiger partial charge in [0.1, 0.15) is 0 Å². The summed E-state index contributed by atoms with van der Waals surface area (Å²) in [4.78, 5) is 22.0. The first-order valence-corrected chi connectivity index (χ1v) is 6.75. The van der Waals surface area contributed by atoms with E-state index in [1.807, 2.05) is 5.43 Å². The number of rotatable bonds is 5. The van der Waals surface area contributed by atoms with Crippen LogP contribution < -0.4 is 16.0 Å². The van der Waals surface area contributed by atoms with Crippen molar-refractivity contribution in [1.82, 2.24) is 5.43 Å². The maximum absolute atomic E-state index is 11.6. The molecular weight excluding hydrogens is 353 g/mol. The molecule has 1 unspecified atom stereocenters. The molecule has 0 aliphatic heterocycles. The monoisotopic (exact) mass is 365 g/mol. The van der Waals surface area contributed by atoms with Crippen molar-refractivity contribution in [2.75, 3.05) is 0 Å². The molecule has 0 heterocycles. The largest absolute Gasteiger partial charge is 0.472 e. The minimum atomic E-state index is -0.962. The third kappa shape index (κ3) is 3.81. The lowest BCUT2D eigenvalue weighted by Crippen LogP contribution is -2.44. The minimum Gasteiger partial charge on any atom is -0.472 e. The normalized spacial score (nSPS) is 12.1. The number of carbonyl (C=O) groups excluding carboxylic acids is 1. The van der Waals surface area contributed by atoms with Crippen molar-refractivity contribution in [3.05, 3.63) is 31.7 Å². The number of hydrogen-bond donors (Lipinski definition) is 2. The molecule has 1 aromatic carbocycles. The summed E-state index contributed by atoms with van der Waals surface area (Å²) in [5.74, 6) is 4.20. The number of nitrogens with two attached hydrogens (primary N) is 1. The summed E-state index contributed by atoms with van der Waals surface area (Å²) in [5.41, 5.74) is 1.64. The van der Waals surface area contributed by atoms with Crippen LogP contribution in [0.4, 0.5) is 5.69 Å². The first-order chi connectivity index (χ1) is 9.27. The number of hydrogen-bond acceptors (Lipinski definition) is 5. The summed E-state index contributed by atoms with van der Waals surface area (Å²) < 4.78 is 5.75. The molecule has 3 N–H and O–H groups in total. The molecule has 0 saturated carbocycles. The van der Waals surface area contributed by atoms with Crippen molar-refractivity contribution in [1.29, 1.82) is 0 Å². The molecule has 0 bridgehead atoms. The van der Waals surface area contributed by atoms with Gasteiger partial charge in [-0.3, -0.25) is 20.3 Å². The molecule has 1 rings (SSSR count). The Morgan fingerprint density at radius 3 is 2.60 bits per heavy atom. The van der Waals surface area contributed by atoms with Gasteiger partial charge in [0, 0.05) is 11.1 Å². The molecule has 0 aliphatic carbocycles. The van der Waals surface area contributed by atoms with Crippen LogP contribution in [-0.2, 0) is 4.79 Å². The predicted octanol–water partition coefficient (Wildman–Crippen LogP) is 2.40. The van der Waals surface area contributed by atoms with Gasteiger partial charge in [-0.1, -0.05) is 25.4 Å². The van der Waals surface area contributed by atoms with Crippen LogP contribution >= 0.6 is 27.5 Å². The Kier molecular flexibility index (Phi) is 5.73. The van der Waals surface area contributed by atoms with Gasteiger partial charge in [-0.15, -0.1) is 0 Å². The molecule has 1 atom stereocenters. The van der Waals surface area contributed by atoms with Gasteiger partial charge < -0.3 is 4.74 Å². The SMILES string of the molecule is CC(C)C(Oc1c(Br)cc(Cl)cc1[N+](=O)[O-])C(=O)NN. The second-order valence-electron chi connectivity index (χ2n) is 4.28. The van der Waals surface area contributed by atoms with Crippen LogP contribution in [0.15, 0.2) is 16.6 Å². The molecule has 110 valence electrons. The van der Waals surface area contributed by atoms with Gasteiger partial charge in [0.2, 0.25) is 5.75 Å². The second kappa shape index (κ2) is 6.87. The Balaban J connectivity index is 3.25. The number of nitrogens with zero attached hydrogens (tertiary/aromatic N) is 1. The molecule has 1 aromatic rings. The van der Waals surface area contributed by atoms with Crippen molar-refractivity contribution in [2.45, 2.75) is 20.0 Å². The maximum Gasteiger partial charge on any atom is 0.313 e. The minimum absolute atomic E-state index is 0.0679. The topological polar surface area (TPSA) is 107 Å². The number of nitro groups is 1. The fraction of sp³-hybridized carbons (Fsp3) is 0.364. The van der Waals surface area contributed by atoms with Crippen molar-refractivity contribution >= 4 is 39.1 Å². The Morgan fingerprint density at radius 2 is 2.15 bits per heavy atom. The van der Waals surface area contributed by atoms with Gasteiger partial charge in [-0.25, -0.2) is 5.84 Å². The van der Waals surface area contributed by atoms with Gasteiger partial charge in [-0.2, -0.15) is 0 Å². The van der Waals surface area contributed by atoms with E-state index >= 15 is 0 Å². The number of hydrazine groups is 1. The highest BCUT2D eigenvalue weighted by molar-refractivity contribution is 9.10. The third-order valence-corrected chi connectivity index (χ3v) is 3.24. The summed E-state index contributed by atoms with van der Waals surface area (Å²) in [6, 6.07) is 2.60. The van der Waals surface area contributed by atoms with Crippen LogP contribution in [0.25, 0.3) is 0 Å². The summed E-state index contributed by atoms with van der Waals surface area (Å²) >= 11 is 8.90. The van der Waals surface area contributed by atoms with Gasteiger partial charge in [-0.05, 0) is 27.9 Å². The molecule has 20 heavy (non-hydrogen) atoms. The molecule has 0 aromatic heterocycles. The highest BCUT2D eigenvalue weighted by Crippen LogP contribution is 2.39. The molecule has 0 saturated heterocycles. The van der Waals surface area contributed by atoms with Crippen LogP contribution in [0.5, 0.6) is 5.75 Å². The molecule has 7 nitrogen and oxygen atoms in total. The quantitative estimate of drug-likeness (QED) is 0.360. The molecular formula is C11H13BrClN3O4. The number of nitro benzene ring substituents is 1. The zero-order chi connectivity index (χ0) is 15.4. The lowest BCUT2D eigenvalue weighted by molar-refractivity contribution is -0.386. The predicted molar refractivity (Wildman–Crippen MR) is 77.4 cm³/mol. The summed E-state index contributed by atoms with van der Waals surface area (Å²) in [7, 11) is 0. The second-order valence-corrected chi connectivity index (χ2v) is 5.57. The average molecular weight is 367 g/mol. The van der Waals surface area contributed by atoms with E-state index in [1.54, 1.807) is 13.8 Å². The fourth-order valence-electron chi connectivity index (χ4n) is 1.50. The van der Waals surface area contributed by atoms with Gasteiger partial charge in [0.25, 0.3) is 5.91 Å². The first-order valence-electron chi connectivity index (χ1n) is 5.58. The lowest BCUT2D eigenvalue weighted by Gasteiger charge is -2.21. The van der Waals surface area contributed by atoms with Crippen molar-refractivity contribution in [2.24, 2.45) is 11.8 Å². The van der Waals surface area contributed by atoms with Gasteiger partial charge in [0.05, 0.1) is 9.40 Å². The first kappa shape index (κ1) is 16.7. The lowest BCUT2D eigenvalue weighted by atomic mass is 10.1. The van der Waals surface area contributed by atoms with Gasteiger partial charge in [0.15, 0.2) is 6.10 Å². The Morgan fingerprint density at radius 1 is 1.55 bits per heavy atom. The highest BCUT2D eigenvalue weighted by Gasteiger charge is 2.29. The number of benzene rings is 1. The van der Waals surface area contributed by atoms with Gasteiger partial charge >= 0.3 is 5.69 Å². The number of ether oxygens (including phenoxy) is 1. The van der Waals surface area contributed by atoms with Crippen molar-refractivity contribution in [3.8, 4) is 5.75 Å². The Bertz CT molecular complexity index is 539. The highest BCUT2D eigenvalue weighted by atomic mass is 79.9. The van der Waals surface area contributed by atoms with E-state index in [0.717, 1.165) is 6.07 Å². The van der Waals surface area contributed by atoms with Crippen LogP contribution in [0.3, 0.4) is 0 Å². The number of amides is 1. The standard InChI is InChI=1S/C11H13BrClN3O4/c1-5(2)9(11(17)15-14)20-10-7(12)3-6(13)4-8(10)16(18)19/h3-5,9H,14H2,1-2H3,(H,15,17). The molecule has 0 aliphatic rings. The molecule has 9 heteroatoms. The zero-order valence-corrected chi connectivity index (χ0v) is 13.1. The summed E-state index contributed by atoms with van der Waals surface area (Å²) in [5, 5.41) is 11.2. The molecule has 0 radical (unpaired) electrons. The van der Waals surface area contributed by atoms with Crippen molar-refractivity contribution < 1.29 is 14.5 Å². The van der Waals surface area contributed by atoms with E-state index in [1.165, 1.54) is 6.07 Å². The van der Waals surface area contributed by atoms with Crippen molar-refractivity contribution in [3.63, 3.8) is 0 Å². The van der Waals surface area contributed by atoms with E-state index in [9.17, 15) is 14.9 Å². The smallest absolute Gasteiger partial charge is 0.313 e. The molecule has 0 fully saturated rings. The maximum atomic E-state index is 11.6. The van der Waals surface area contributed by atoms with E-state index in [0.29, 0.717) is 0 Å². The fourth-order valence-corrected chi connectivity index (χ4v) is 2.39. The number of halogens is 2. The molecule has 0 spiro atoms. The number of nitrogens with one attached hydrogen (secondary N) is 1. The van der Waals surface area contributed by atoms with Crippen LogP contribution in [0, 0.1) is 16.0 Å². The number of carbonyl (C=O) groups is 1. The summed E-state index contributed by atoms with van der Waals surface area (Å²) in [6.45, 7) is 3.46.